The molecule has 6 nitrogen and oxygen atoms in total. The zero-order valence-corrected chi connectivity index (χ0v) is 13.5. The van der Waals surface area contributed by atoms with Crippen molar-refractivity contribution in [3.63, 3.8) is 0 Å². The van der Waals surface area contributed by atoms with E-state index in [-0.39, 0.29) is 21.9 Å². The molecule has 1 N–H and O–H groups in total. The molecule has 116 valence electrons. The predicted octanol–water partition coefficient (Wildman–Crippen LogP) is 3.44. The molecule has 0 bridgehead atoms. The number of carbonyl (C=O) groups is 1. The van der Waals surface area contributed by atoms with E-state index in [0.29, 0.717) is 16.8 Å². The maximum absolute atomic E-state index is 12.5. The number of pyridine rings is 2. The molecule has 0 spiro atoms. The van der Waals surface area contributed by atoms with Crippen molar-refractivity contribution >= 4 is 34.8 Å². The molecule has 0 atom stereocenters. The van der Waals surface area contributed by atoms with Gasteiger partial charge in [0.25, 0.3) is 5.91 Å². The Morgan fingerprint density at radius 1 is 1.22 bits per heavy atom. The number of carbonyl (C=O) groups excluding carboxylic acids is 1. The van der Waals surface area contributed by atoms with Crippen LogP contribution >= 0.6 is 23.2 Å². The van der Waals surface area contributed by atoms with Crippen LogP contribution in [0.1, 0.15) is 10.5 Å². The van der Waals surface area contributed by atoms with Crippen molar-refractivity contribution in [2.45, 2.75) is 0 Å². The number of amides is 1. The molecule has 0 aliphatic carbocycles. The highest BCUT2D eigenvalue weighted by Gasteiger charge is 2.20. The van der Waals surface area contributed by atoms with E-state index in [1.807, 2.05) is 0 Å². The summed E-state index contributed by atoms with van der Waals surface area (Å²) in [5.41, 5.74) is 1.97. The van der Waals surface area contributed by atoms with E-state index in [4.69, 9.17) is 23.2 Å². The summed E-state index contributed by atoms with van der Waals surface area (Å²) in [5.74, 6) is -0.361. The minimum Gasteiger partial charge on any atom is -0.319 e. The molecule has 3 rings (SSSR count). The van der Waals surface area contributed by atoms with E-state index in [2.05, 4.69) is 20.4 Å². The lowest BCUT2D eigenvalue weighted by Crippen LogP contribution is -2.14. The number of nitrogens with zero attached hydrogens (tertiary/aromatic N) is 4. The second-order valence-corrected chi connectivity index (χ2v) is 5.48. The largest absolute Gasteiger partial charge is 0.319 e. The van der Waals surface area contributed by atoms with Crippen molar-refractivity contribution in [2.75, 3.05) is 5.32 Å². The van der Waals surface area contributed by atoms with Crippen molar-refractivity contribution < 1.29 is 4.79 Å². The summed E-state index contributed by atoms with van der Waals surface area (Å²) in [4.78, 5) is 20.4. The zero-order chi connectivity index (χ0) is 16.4. The zero-order valence-electron chi connectivity index (χ0n) is 12.0. The fraction of sp³-hybridized carbons (Fsp3) is 0.0667. The second kappa shape index (κ2) is 6.36. The summed E-state index contributed by atoms with van der Waals surface area (Å²) in [6.07, 6.45) is 4.88. The summed E-state index contributed by atoms with van der Waals surface area (Å²) in [6.45, 7) is 0. The molecule has 8 heteroatoms. The molecule has 0 aliphatic rings. The molecule has 0 saturated carbocycles. The number of anilines is 1. The van der Waals surface area contributed by atoms with Crippen LogP contribution in [0, 0.1) is 0 Å². The smallest absolute Gasteiger partial charge is 0.276 e. The Labute approximate surface area is 142 Å². The van der Waals surface area contributed by atoms with E-state index in [1.54, 1.807) is 54.6 Å². The van der Waals surface area contributed by atoms with Gasteiger partial charge in [0.15, 0.2) is 5.69 Å². The van der Waals surface area contributed by atoms with Gasteiger partial charge in [0.05, 0.1) is 11.9 Å². The standard InChI is InChI=1S/C15H11Cl2N5O/c1-22-8-11(10-4-5-12(16)20-14(10)17)13(21-22)15(23)19-9-3-2-6-18-7-9/h2-8H,1H3,(H,19,23). The van der Waals surface area contributed by atoms with Crippen LogP contribution in [0.4, 0.5) is 5.69 Å². The van der Waals surface area contributed by atoms with Crippen molar-refractivity contribution in [1.29, 1.82) is 0 Å². The highest BCUT2D eigenvalue weighted by atomic mass is 35.5. The Morgan fingerprint density at radius 2 is 2.04 bits per heavy atom. The Bertz CT molecular complexity index is 864. The average Bonchev–Trinajstić information content (AvgIpc) is 2.90. The van der Waals surface area contributed by atoms with Crippen LogP contribution in [0.2, 0.25) is 10.3 Å². The molecule has 3 heterocycles. The van der Waals surface area contributed by atoms with Crippen LogP contribution in [0.15, 0.2) is 42.9 Å². The fourth-order valence-corrected chi connectivity index (χ4v) is 2.54. The van der Waals surface area contributed by atoms with E-state index in [1.165, 1.54) is 0 Å². The quantitative estimate of drug-likeness (QED) is 0.736. The van der Waals surface area contributed by atoms with Crippen molar-refractivity contribution in [3.05, 3.63) is 58.9 Å². The second-order valence-electron chi connectivity index (χ2n) is 4.73. The maximum Gasteiger partial charge on any atom is 0.276 e. The molecule has 1 amide bonds. The average molecular weight is 348 g/mol. The third-order valence-corrected chi connectivity index (χ3v) is 3.57. The van der Waals surface area contributed by atoms with E-state index in [9.17, 15) is 4.79 Å². The fourth-order valence-electron chi connectivity index (χ4n) is 2.09. The molecule has 0 unspecified atom stereocenters. The number of rotatable bonds is 3. The van der Waals surface area contributed by atoms with Crippen molar-refractivity contribution in [3.8, 4) is 11.1 Å². The molecule has 3 aromatic rings. The van der Waals surface area contributed by atoms with Crippen LogP contribution in [-0.2, 0) is 7.05 Å². The molecule has 3 aromatic heterocycles. The van der Waals surface area contributed by atoms with Gasteiger partial charge in [-0.2, -0.15) is 5.10 Å². The Kier molecular flexibility index (Phi) is 4.27. The molecule has 0 radical (unpaired) electrons. The van der Waals surface area contributed by atoms with Crippen LogP contribution in [0.5, 0.6) is 0 Å². The third kappa shape index (κ3) is 3.33. The normalized spacial score (nSPS) is 10.6. The van der Waals surface area contributed by atoms with Gasteiger partial charge in [-0.1, -0.05) is 23.2 Å². The number of hydrogen-bond donors (Lipinski definition) is 1. The van der Waals surface area contributed by atoms with Gasteiger partial charge in [0.1, 0.15) is 10.3 Å². The first-order chi connectivity index (χ1) is 11.0. The summed E-state index contributed by atoms with van der Waals surface area (Å²) >= 11 is 12.0. The molecule has 0 fully saturated rings. The van der Waals surface area contributed by atoms with Gasteiger partial charge in [-0.25, -0.2) is 4.98 Å². The highest BCUT2D eigenvalue weighted by molar-refractivity contribution is 6.34. The lowest BCUT2D eigenvalue weighted by atomic mass is 10.1. The maximum atomic E-state index is 12.5. The first kappa shape index (κ1) is 15.5. The van der Waals surface area contributed by atoms with Gasteiger partial charge in [-0.15, -0.1) is 0 Å². The van der Waals surface area contributed by atoms with Crippen LogP contribution < -0.4 is 5.32 Å². The number of hydrogen-bond acceptors (Lipinski definition) is 4. The number of aromatic nitrogens is 4. The highest BCUT2D eigenvalue weighted by Crippen LogP contribution is 2.30. The summed E-state index contributed by atoms with van der Waals surface area (Å²) in [5, 5.41) is 7.45. The van der Waals surface area contributed by atoms with Gasteiger partial charge in [-0.3, -0.25) is 14.5 Å². The molecular formula is C15H11Cl2N5O. The molecule has 0 aliphatic heterocycles. The molecular weight excluding hydrogens is 337 g/mol. The Balaban J connectivity index is 1.99. The van der Waals surface area contributed by atoms with Gasteiger partial charge in [-0.05, 0) is 24.3 Å². The van der Waals surface area contributed by atoms with Crippen LogP contribution in [0.3, 0.4) is 0 Å². The minimum absolute atomic E-state index is 0.209. The predicted molar refractivity (Wildman–Crippen MR) is 88.6 cm³/mol. The van der Waals surface area contributed by atoms with Gasteiger partial charge >= 0.3 is 0 Å². The minimum atomic E-state index is -0.361. The summed E-state index contributed by atoms with van der Waals surface area (Å²) in [6, 6.07) is 6.79. The van der Waals surface area contributed by atoms with Crippen molar-refractivity contribution in [2.24, 2.45) is 7.05 Å². The number of aryl methyl sites for hydroxylation is 1. The third-order valence-electron chi connectivity index (χ3n) is 3.07. The van der Waals surface area contributed by atoms with Gasteiger partial charge in [0, 0.05) is 30.6 Å². The monoisotopic (exact) mass is 347 g/mol. The van der Waals surface area contributed by atoms with E-state index in [0.717, 1.165) is 0 Å². The topological polar surface area (TPSA) is 72.7 Å². The van der Waals surface area contributed by atoms with Gasteiger partial charge < -0.3 is 5.32 Å². The van der Waals surface area contributed by atoms with Gasteiger partial charge in [0.2, 0.25) is 0 Å². The van der Waals surface area contributed by atoms with Crippen LogP contribution in [-0.4, -0.2) is 25.7 Å². The van der Waals surface area contributed by atoms with Crippen LogP contribution in [0.25, 0.3) is 11.1 Å². The Hall–Kier alpha value is -2.44. The first-order valence-corrected chi connectivity index (χ1v) is 7.37. The number of halogens is 2. The Morgan fingerprint density at radius 3 is 2.74 bits per heavy atom. The SMILES string of the molecule is Cn1cc(-c2ccc(Cl)nc2Cl)c(C(=O)Nc2cccnc2)n1. The summed E-state index contributed by atoms with van der Waals surface area (Å²) < 4.78 is 1.54. The molecule has 0 aromatic carbocycles. The molecule has 23 heavy (non-hydrogen) atoms. The van der Waals surface area contributed by atoms with E-state index < -0.39 is 0 Å². The van der Waals surface area contributed by atoms with E-state index >= 15 is 0 Å². The van der Waals surface area contributed by atoms with Crippen molar-refractivity contribution in [1.82, 2.24) is 19.7 Å². The lowest BCUT2D eigenvalue weighted by Gasteiger charge is -2.06. The first-order valence-electron chi connectivity index (χ1n) is 6.62. The molecule has 0 saturated heterocycles. The summed E-state index contributed by atoms with van der Waals surface area (Å²) in [7, 11) is 1.72. The number of nitrogens with one attached hydrogen (secondary N) is 1. The lowest BCUT2D eigenvalue weighted by molar-refractivity contribution is 0.102.